The number of aryl methyl sites for hydroxylation is 1. The fourth-order valence-electron chi connectivity index (χ4n) is 2.44. The number of carbonyl (C=O) groups is 1. The van der Waals surface area contributed by atoms with Gasteiger partial charge in [0.15, 0.2) is 0 Å². The molecule has 27 heavy (non-hydrogen) atoms. The summed E-state index contributed by atoms with van der Waals surface area (Å²) in [5.74, 6) is 1.51. The number of amides is 1. The number of hydrogen-bond donors (Lipinski definition) is 1. The molecule has 0 radical (unpaired) electrons. The van der Waals surface area contributed by atoms with Crippen LogP contribution < -0.4 is 14.8 Å². The number of ether oxygens (including phenoxy) is 2. The van der Waals surface area contributed by atoms with Gasteiger partial charge in [-0.25, -0.2) is 0 Å². The quantitative estimate of drug-likeness (QED) is 0.659. The molecular formula is C19H18ClN3O4. The summed E-state index contributed by atoms with van der Waals surface area (Å²) in [7, 11) is 3.01. The minimum atomic E-state index is -0.228. The lowest BCUT2D eigenvalue weighted by Gasteiger charge is -2.12. The van der Waals surface area contributed by atoms with Gasteiger partial charge in [-0.05, 0) is 18.2 Å². The van der Waals surface area contributed by atoms with Gasteiger partial charge in [0.2, 0.25) is 17.7 Å². The molecule has 1 heterocycles. The van der Waals surface area contributed by atoms with Crippen LogP contribution in [0, 0.1) is 0 Å². The van der Waals surface area contributed by atoms with E-state index in [-0.39, 0.29) is 12.3 Å². The largest absolute Gasteiger partial charge is 0.495 e. The molecular weight excluding hydrogens is 370 g/mol. The van der Waals surface area contributed by atoms with Gasteiger partial charge in [-0.2, -0.15) is 0 Å². The molecule has 0 atom stereocenters. The number of rotatable bonds is 7. The Hall–Kier alpha value is -3.06. The topological polar surface area (TPSA) is 86.5 Å². The molecule has 0 spiro atoms. The van der Waals surface area contributed by atoms with Crippen LogP contribution >= 0.6 is 11.6 Å². The number of aromatic nitrogens is 2. The molecule has 0 saturated carbocycles. The Morgan fingerprint density at radius 2 is 1.85 bits per heavy atom. The van der Waals surface area contributed by atoms with Gasteiger partial charge in [-0.3, -0.25) is 4.79 Å². The van der Waals surface area contributed by atoms with E-state index in [0.717, 1.165) is 5.56 Å². The van der Waals surface area contributed by atoms with Crippen LogP contribution in [0.1, 0.15) is 12.3 Å². The lowest BCUT2D eigenvalue weighted by molar-refractivity contribution is -0.116. The van der Waals surface area contributed by atoms with Crippen molar-refractivity contribution in [1.29, 1.82) is 0 Å². The first kappa shape index (κ1) is 18.7. The second-order valence-electron chi connectivity index (χ2n) is 5.60. The zero-order valence-corrected chi connectivity index (χ0v) is 15.6. The van der Waals surface area contributed by atoms with Crippen molar-refractivity contribution in [2.45, 2.75) is 12.8 Å². The molecule has 3 aromatic rings. The summed E-state index contributed by atoms with van der Waals surface area (Å²) in [4.78, 5) is 12.3. The van der Waals surface area contributed by atoms with E-state index in [9.17, 15) is 4.79 Å². The minimum Gasteiger partial charge on any atom is -0.495 e. The summed E-state index contributed by atoms with van der Waals surface area (Å²) in [5, 5.41) is 11.1. The third-order valence-electron chi connectivity index (χ3n) is 3.80. The van der Waals surface area contributed by atoms with Crippen LogP contribution in [-0.4, -0.2) is 30.3 Å². The van der Waals surface area contributed by atoms with Gasteiger partial charge in [0.25, 0.3) is 0 Å². The Kier molecular flexibility index (Phi) is 5.93. The van der Waals surface area contributed by atoms with Crippen molar-refractivity contribution >= 4 is 23.2 Å². The number of nitrogens with zero attached hydrogens (tertiary/aromatic N) is 2. The Morgan fingerprint density at radius 1 is 1.11 bits per heavy atom. The monoisotopic (exact) mass is 387 g/mol. The molecule has 0 aliphatic rings. The van der Waals surface area contributed by atoms with Crippen LogP contribution in [0.3, 0.4) is 0 Å². The van der Waals surface area contributed by atoms with E-state index in [2.05, 4.69) is 15.5 Å². The first-order chi connectivity index (χ1) is 13.1. The lowest BCUT2D eigenvalue weighted by Crippen LogP contribution is -2.13. The van der Waals surface area contributed by atoms with Crippen molar-refractivity contribution in [2.24, 2.45) is 0 Å². The zero-order chi connectivity index (χ0) is 19.2. The molecule has 2 aromatic carbocycles. The van der Waals surface area contributed by atoms with E-state index in [0.29, 0.717) is 40.4 Å². The molecule has 0 bridgehead atoms. The van der Waals surface area contributed by atoms with E-state index < -0.39 is 0 Å². The fraction of sp³-hybridized carbons (Fsp3) is 0.211. The summed E-state index contributed by atoms with van der Waals surface area (Å²) in [6, 6.07) is 12.6. The molecule has 1 N–H and O–H groups in total. The summed E-state index contributed by atoms with van der Waals surface area (Å²) >= 11 is 6.11. The lowest BCUT2D eigenvalue weighted by atomic mass is 10.2. The van der Waals surface area contributed by atoms with Gasteiger partial charge in [0.1, 0.15) is 11.5 Å². The summed E-state index contributed by atoms with van der Waals surface area (Å²) < 4.78 is 16.0. The summed E-state index contributed by atoms with van der Waals surface area (Å²) in [6.07, 6.45) is 0.487. The third kappa shape index (κ3) is 4.57. The number of methoxy groups -OCH3 is 2. The predicted molar refractivity (Wildman–Crippen MR) is 101 cm³/mol. The van der Waals surface area contributed by atoms with Crippen molar-refractivity contribution in [1.82, 2.24) is 10.2 Å². The summed E-state index contributed by atoms with van der Waals surface area (Å²) in [5.41, 5.74) is 1.29. The van der Waals surface area contributed by atoms with Crippen molar-refractivity contribution in [2.75, 3.05) is 19.5 Å². The van der Waals surface area contributed by atoms with Crippen LogP contribution in [-0.2, 0) is 11.2 Å². The number of hydrogen-bond acceptors (Lipinski definition) is 6. The Labute approximate surface area is 161 Å². The van der Waals surface area contributed by atoms with Crippen molar-refractivity contribution in [3.63, 3.8) is 0 Å². The van der Waals surface area contributed by atoms with Crippen LogP contribution in [0.4, 0.5) is 5.69 Å². The van der Waals surface area contributed by atoms with Crippen LogP contribution in [0.25, 0.3) is 11.5 Å². The Morgan fingerprint density at radius 3 is 2.56 bits per heavy atom. The predicted octanol–water partition coefficient (Wildman–Crippen LogP) is 3.98. The van der Waals surface area contributed by atoms with E-state index in [1.807, 2.05) is 30.3 Å². The third-order valence-corrected chi connectivity index (χ3v) is 4.10. The van der Waals surface area contributed by atoms with E-state index in [1.54, 1.807) is 12.1 Å². The molecule has 0 unspecified atom stereocenters. The number of benzene rings is 2. The smallest absolute Gasteiger partial charge is 0.247 e. The van der Waals surface area contributed by atoms with Crippen LogP contribution in [0.15, 0.2) is 46.9 Å². The Balaban J connectivity index is 1.62. The normalized spacial score (nSPS) is 10.5. The molecule has 1 aromatic heterocycles. The van der Waals surface area contributed by atoms with Gasteiger partial charge >= 0.3 is 0 Å². The molecule has 1 amide bonds. The standard InChI is InChI=1S/C19H18ClN3O4/c1-25-15-11-16(26-2)14(10-13(15)20)21-17(24)8-9-18-22-23-19(27-18)12-6-4-3-5-7-12/h3-7,10-11H,8-9H2,1-2H3,(H,21,24). The van der Waals surface area contributed by atoms with E-state index in [1.165, 1.54) is 14.2 Å². The average Bonchev–Trinajstić information content (AvgIpc) is 3.16. The maximum atomic E-state index is 12.3. The SMILES string of the molecule is COc1cc(OC)c(NC(=O)CCc2nnc(-c3ccccc3)o2)cc1Cl. The zero-order valence-electron chi connectivity index (χ0n) is 14.9. The van der Waals surface area contributed by atoms with Crippen LogP contribution in [0.5, 0.6) is 11.5 Å². The van der Waals surface area contributed by atoms with Gasteiger partial charge in [0, 0.05) is 24.5 Å². The molecule has 3 rings (SSSR count). The maximum absolute atomic E-state index is 12.3. The van der Waals surface area contributed by atoms with Crippen molar-refractivity contribution in [3.8, 4) is 23.0 Å². The Bertz CT molecular complexity index is 928. The van der Waals surface area contributed by atoms with E-state index >= 15 is 0 Å². The highest BCUT2D eigenvalue weighted by Crippen LogP contribution is 2.35. The highest BCUT2D eigenvalue weighted by Gasteiger charge is 2.14. The number of carbonyl (C=O) groups excluding carboxylic acids is 1. The number of nitrogens with one attached hydrogen (secondary N) is 1. The molecule has 7 nitrogen and oxygen atoms in total. The van der Waals surface area contributed by atoms with Crippen molar-refractivity contribution in [3.05, 3.63) is 53.4 Å². The molecule has 8 heteroatoms. The molecule has 0 saturated heterocycles. The molecule has 140 valence electrons. The van der Waals surface area contributed by atoms with Crippen LogP contribution in [0.2, 0.25) is 5.02 Å². The molecule has 0 aliphatic carbocycles. The number of anilines is 1. The van der Waals surface area contributed by atoms with Gasteiger partial charge < -0.3 is 19.2 Å². The molecule has 0 fully saturated rings. The average molecular weight is 388 g/mol. The fourth-order valence-corrected chi connectivity index (χ4v) is 2.68. The highest BCUT2D eigenvalue weighted by molar-refractivity contribution is 6.32. The maximum Gasteiger partial charge on any atom is 0.247 e. The summed E-state index contributed by atoms with van der Waals surface area (Å²) in [6.45, 7) is 0. The number of halogens is 1. The minimum absolute atomic E-state index is 0.170. The highest BCUT2D eigenvalue weighted by atomic mass is 35.5. The molecule has 0 aliphatic heterocycles. The van der Waals surface area contributed by atoms with Gasteiger partial charge in [0.05, 0.1) is 24.9 Å². The van der Waals surface area contributed by atoms with Gasteiger partial charge in [-0.1, -0.05) is 29.8 Å². The first-order valence-corrected chi connectivity index (χ1v) is 8.57. The van der Waals surface area contributed by atoms with Crippen molar-refractivity contribution < 1.29 is 18.7 Å². The first-order valence-electron chi connectivity index (χ1n) is 8.20. The second kappa shape index (κ2) is 8.55. The second-order valence-corrected chi connectivity index (χ2v) is 6.01. The van der Waals surface area contributed by atoms with E-state index in [4.69, 9.17) is 25.5 Å². The van der Waals surface area contributed by atoms with Gasteiger partial charge in [-0.15, -0.1) is 10.2 Å².